The molecule has 0 spiro atoms. The van der Waals surface area contributed by atoms with Crippen LogP contribution >= 0.6 is 0 Å². The molecule has 6 nitrogen and oxygen atoms in total. The van der Waals surface area contributed by atoms with E-state index in [1.165, 1.54) is 0 Å². The molecule has 0 aliphatic rings. The van der Waals surface area contributed by atoms with Gasteiger partial charge in [0.15, 0.2) is 0 Å². The molecule has 0 saturated carbocycles. The van der Waals surface area contributed by atoms with Crippen LogP contribution in [0.25, 0.3) is 32.6 Å². The number of aromatic amines is 2. The molecule has 0 fully saturated rings. The van der Waals surface area contributed by atoms with E-state index >= 15 is 0 Å². The highest BCUT2D eigenvalue weighted by atomic mass is 16.4. The number of rotatable bonds is 2. The first-order chi connectivity index (χ1) is 10.5. The first kappa shape index (κ1) is 12.5. The van der Waals surface area contributed by atoms with Crippen LogP contribution in [0, 0.1) is 0 Å². The summed E-state index contributed by atoms with van der Waals surface area (Å²) in [6, 6.07) is 10.5. The largest absolute Gasteiger partial charge is 0.477 e. The molecule has 0 saturated heterocycles. The molecule has 0 aliphatic carbocycles. The Bertz CT molecular complexity index is 1000. The molecule has 0 bridgehead atoms. The van der Waals surface area contributed by atoms with Gasteiger partial charge >= 0.3 is 11.9 Å². The van der Waals surface area contributed by atoms with Gasteiger partial charge in [0.05, 0.1) is 11.0 Å². The Kier molecular flexibility index (Phi) is 2.33. The fourth-order valence-corrected chi connectivity index (χ4v) is 2.84. The summed E-state index contributed by atoms with van der Waals surface area (Å²) in [5.41, 5.74) is 1.70. The number of hydrogen-bond donors (Lipinski definition) is 4. The van der Waals surface area contributed by atoms with Gasteiger partial charge < -0.3 is 20.2 Å². The van der Waals surface area contributed by atoms with Crippen molar-refractivity contribution in [3.63, 3.8) is 0 Å². The predicted octanol–water partition coefficient (Wildman–Crippen LogP) is 3.20. The van der Waals surface area contributed by atoms with Crippen molar-refractivity contribution in [3.05, 3.63) is 47.8 Å². The third-order valence-corrected chi connectivity index (χ3v) is 3.85. The van der Waals surface area contributed by atoms with E-state index in [0.29, 0.717) is 0 Å². The Labute approximate surface area is 123 Å². The van der Waals surface area contributed by atoms with Crippen LogP contribution in [0.3, 0.4) is 0 Å². The van der Waals surface area contributed by atoms with Gasteiger partial charge in [-0.05, 0) is 12.1 Å². The minimum atomic E-state index is -1.02. The summed E-state index contributed by atoms with van der Waals surface area (Å²) >= 11 is 0. The van der Waals surface area contributed by atoms with Crippen LogP contribution in [0.15, 0.2) is 36.4 Å². The summed E-state index contributed by atoms with van der Waals surface area (Å²) in [7, 11) is 0. The third-order valence-electron chi connectivity index (χ3n) is 3.85. The normalized spacial score (nSPS) is 11.5. The van der Waals surface area contributed by atoms with E-state index in [-0.39, 0.29) is 11.4 Å². The monoisotopic (exact) mass is 294 g/mol. The lowest BCUT2D eigenvalue weighted by atomic mass is 10.1. The highest BCUT2D eigenvalue weighted by Crippen LogP contribution is 2.31. The third kappa shape index (κ3) is 1.61. The fourth-order valence-electron chi connectivity index (χ4n) is 2.84. The van der Waals surface area contributed by atoms with Crippen molar-refractivity contribution < 1.29 is 19.8 Å². The summed E-state index contributed by atoms with van der Waals surface area (Å²) in [5, 5.41) is 21.5. The summed E-state index contributed by atoms with van der Waals surface area (Å²) in [6.45, 7) is 0. The van der Waals surface area contributed by atoms with Crippen LogP contribution in [-0.2, 0) is 0 Å². The minimum absolute atomic E-state index is 0.125. The highest BCUT2D eigenvalue weighted by Gasteiger charge is 2.13. The molecule has 22 heavy (non-hydrogen) atoms. The van der Waals surface area contributed by atoms with E-state index in [1.807, 2.05) is 24.3 Å². The summed E-state index contributed by atoms with van der Waals surface area (Å²) < 4.78 is 0. The number of nitrogens with one attached hydrogen (secondary N) is 2. The van der Waals surface area contributed by atoms with E-state index < -0.39 is 11.9 Å². The second-order valence-electron chi connectivity index (χ2n) is 5.13. The van der Waals surface area contributed by atoms with Crippen molar-refractivity contribution in [2.24, 2.45) is 0 Å². The number of hydrogen-bond acceptors (Lipinski definition) is 2. The van der Waals surface area contributed by atoms with Crippen molar-refractivity contribution >= 4 is 44.5 Å². The minimum Gasteiger partial charge on any atom is -0.477 e. The van der Waals surface area contributed by atoms with Crippen LogP contribution in [0.5, 0.6) is 0 Å². The molecule has 2 heterocycles. The van der Waals surface area contributed by atoms with Crippen LogP contribution in [0.1, 0.15) is 21.0 Å². The smallest absolute Gasteiger partial charge is 0.352 e. The first-order valence-corrected chi connectivity index (χ1v) is 6.58. The first-order valence-electron chi connectivity index (χ1n) is 6.58. The van der Waals surface area contributed by atoms with Gasteiger partial charge in [0.25, 0.3) is 0 Å². The van der Waals surface area contributed by atoms with E-state index in [2.05, 4.69) is 9.97 Å². The number of fused-ring (bicyclic) bond motifs is 5. The van der Waals surface area contributed by atoms with Gasteiger partial charge in [0, 0.05) is 21.5 Å². The standard InChI is InChI=1S/C16H10N2O4/c19-15(20)11-5-7-1-3-9-10(13(7)17-11)4-2-8-6-12(16(21)22)18-14(8)9/h1-6,17-18H,(H,19,20)(H,21,22). The Hall–Kier alpha value is -3.28. The number of carbonyl (C=O) groups is 2. The van der Waals surface area contributed by atoms with Gasteiger partial charge in [-0.25, -0.2) is 9.59 Å². The van der Waals surface area contributed by atoms with Crippen molar-refractivity contribution in [2.75, 3.05) is 0 Å². The quantitative estimate of drug-likeness (QED) is 0.455. The van der Waals surface area contributed by atoms with Crippen LogP contribution in [0.2, 0.25) is 0 Å². The van der Waals surface area contributed by atoms with E-state index in [0.717, 1.165) is 32.6 Å². The van der Waals surface area contributed by atoms with Crippen molar-refractivity contribution in [1.82, 2.24) is 9.97 Å². The molecule has 0 atom stereocenters. The van der Waals surface area contributed by atoms with Gasteiger partial charge in [0.1, 0.15) is 11.4 Å². The average molecular weight is 294 g/mol. The molecule has 0 radical (unpaired) electrons. The van der Waals surface area contributed by atoms with Gasteiger partial charge in [0.2, 0.25) is 0 Å². The zero-order valence-corrected chi connectivity index (χ0v) is 11.2. The Morgan fingerprint density at radius 3 is 1.50 bits per heavy atom. The SMILES string of the molecule is O=C(O)c1cc2ccc3c(ccc4cc(C(=O)O)[nH]c43)c2[nH]1. The van der Waals surface area contributed by atoms with E-state index in [1.54, 1.807) is 12.1 Å². The van der Waals surface area contributed by atoms with Crippen molar-refractivity contribution in [1.29, 1.82) is 0 Å². The van der Waals surface area contributed by atoms with Crippen LogP contribution < -0.4 is 0 Å². The topological polar surface area (TPSA) is 106 Å². The van der Waals surface area contributed by atoms with Gasteiger partial charge in [-0.15, -0.1) is 0 Å². The molecule has 108 valence electrons. The maximum Gasteiger partial charge on any atom is 0.352 e. The van der Waals surface area contributed by atoms with E-state index in [9.17, 15) is 9.59 Å². The maximum atomic E-state index is 11.1. The summed E-state index contributed by atoms with van der Waals surface area (Å²) in [6.07, 6.45) is 0. The Morgan fingerprint density at radius 1 is 0.727 bits per heavy atom. The lowest BCUT2D eigenvalue weighted by Gasteiger charge is -2.01. The number of carboxylic acid groups (broad SMARTS) is 2. The fraction of sp³-hybridized carbons (Fsp3) is 0. The highest BCUT2D eigenvalue weighted by molar-refractivity contribution is 6.16. The summed E-state index contributed by atoms with van der Waals surface area (Å²) in [4.78, 5) is 28.0. The van der Waals surface area contributed by atoms with E-state index in [4.69, 9.17) is 10.2 Å². The number of H-pyrrole nitrogens is 2. The van der Waals surface area contributed by atoms with Gasteiger partial charge in [-0.1, -0.05) is 24.3 Å². The zero-order chi connectivity index (χ0) is 15.4. The molecular weight excluding hydrogens is 284 g/mol. The lowest BCUT2D eigenvalue weighted by Crippen LogP contribution is -1.95. The molecule has 0 aliphatic heterocycles. The van der Waals surface area contributed by atoms with Gasteiger partial charge in [-0.2, -0.15) is 0 Å². The molecule has 2 aromatic carbocycles. The van der Waals surface area contributed by atoms with Crippen LogP contribution in [0.4, 0.5) is 0 Å². The number of benzene rings is 2. The number of aromatic nitrogens is 2. The molecule has 4 aromatic rings. The lowest BCUT2D eigenvalue weighted by molar-refractivity contribution is 0.0681. The molecule has 6 heteroatoms. The molecule has 4 N–H and O–H groups in total. The van der Waals surface area contributed by atoms with Crippen molar-refractivity contribution in [3.8, 4) is 0 Å². The summed E-state index contributed by atoms with van der Waals surface area (Å²) in [5.74, 6) is -2.03. The Morgan fingerprint density at radius 2 is 1.14 bits per heavy atom. The predicted molar refractivity (Wildman–Crippen MR) is 81.6 cm³/mol. The average Bonchev–Trinajstić information content (AvgIpc) is 3.10. The van der Waals surface area contributed by atoms with Gasteiger partial charge in [-0.3, -0.25) is 0 Å². The molecule has 2 aromatic heterocycles. The van der Waals surface area contributed by atoms with Crippen molar-refractivity contribution in [2.45, 2.75) is 0 Å². The maximum absolute atomic E-state index is 11.1. The molecule has 0 unspecified atom stereocenters. The molecule has 4 rings (SSSR count). The molecule has 0 amide bonds. The number of carboxylic acids is 2. The second kappa shape index (κ2) is 4.11. The molecular formula is C16H10N2O4. The van der Waals surface area contributed by atoms with Crippen LogP contribution in [-0.4, -0.2) is 32.1 Å². The number of aromatic carboxylic acids is 2. The second-order valence-corrected chi connectivity index (χ2v) is 5.13. The Balaban J connectivity index is 2.11. The zero-order valence-electron chi connectivity index (χ0n) is 11.2.